The van der Waals surface area contributed by atoms with Gasteiger partial charge < -0.3 is 4.90 Å². The van der Waals surface area contributed by atoms with Crippen LogP contribution in [0.4, 0.5) is 17.1 Å². The summed E-state index contributed by atoms with van der Waals surface area (Å²) in [6, 6.07) is 40.2. The van der Waals surface area contributed by atoms with Gasteiger partial charge in [-0.1, -0.05) is 86.6 Å². The molecule has 1 aliphatic rings. The molecule has 0 saturated carbocycles. The van der Waals surface area contributed by atoms with Gasteiger partial charge in [0.25, 0.3) is 0 Å². The van der Waals surface area contributed by atoms with Crippen molar-refractivity contribution in [2.75, 3.05) is 4.90 Å². The van der Waals surface area contributed by atoms with Crippen LogP contribution in [0.25, 0.3) is 54.3 Å². The summed E-state index contributed by atoms with van der Waals surface area (Å²) in [7, 11) is 0. The second-order valence-electron chi connectivity index (χ2n) is 11.2. The van der Waals surface area contributed by atoms with Crippen molar-refractivity contribution in [3.63, 3.8) is 0 Å². The number of hydrogen-bond acceptors (Lipinski definition) is 2. The van der Waals surface area contributed by atoms with Gasteiger partial charge in [0.05, 0.1) is 17.1 Å². The zero-order valence-corrected chi connectivity index (χ0v) is 22.1. The van der Waals surface area contributed by atoms with E-state index < -0.39 is 0 Å². The first-order valence-corrected chi connectivity index (χ1v) is 13.8. The highest BCUT2D eigenvalue weighted by atomic mass is 15.2. The smallest absolute Gasteiger partial charge is 0.0822 e. The van der Waals surface area contributed by atoms with Gasteiger partial charge in [0.15, 0.2) is 0 Å². The summed E-state index contributed by atoms with van der Waals surface area (Å²) in [5, 5.41) is 10.1. The predicted octanol–water partition coefficient (Wildman–Crippen LogP) is 10.3. The molecule has 0 bridgehead atoms. The maximum absolute atomic E-state index is 5.00. The third-order valence-corrected chi connectivity index (χ3v) is 8.17. The summed E-state index contributed by atoms with van der Waals surface area (Å²) < 4.78 is 0. The van der Waals surface area contributed by atoms with Crippen molar-refractivity contribution in [2.45, 2.75) is 20.3 Å². The predicted molar refractivity (Wildman–Crippen MR) is 166 cm³/mol. The van der Waals surface area contributed by atoms with Crippen molar-refractivity contribution in [3.8, 4) is 11.3 Å². The molecular weight excluding hydrogens is 472 g/mol. The fourth-order valence-corrected chi connectivity index (χ4v) is 6.50. The van der Waals surface area contributed by atoms with Crippen molar-refractivity contribution in [1.82, 2.24) is 4.98 Å². The van der Waals surface area contributed by atoms with E-state index in [0.29, 0.717) is 5.92 Å². The molecule has 6 aromatic carbocycles. The number of fused-ring (bicyclic) bond motifs is 7. The van der Waals surface area contributed by atoms with E-state index in [4.69, 9.17) is 4.98 Å². The van der Waals surface area contributed by atoms with Gasteiger partial charge in [-0.05, 0) is 92.0 Å². The number of anilines is 3. The van der Waals surface area contributed by atoms with Crippen LogP contribution in [0.5, 0.6) is 0 Å². The summed E-state index contributed by atoms with van der Waals surface area (Å²) in [5.74, 6) is 0.618. The summed E-state index contributed by atoms with van der Waals surface area (Å²) in [4.78, 5) is 7.44. The van der Waals surface area contributed by atoms with Gasteiger partial charge in [-0.2, -0.15) is 0 Å². The highest BCUT2D eigenvalue weighted by Gasteiger charge is 2.28. The van der Waals surface area contributed by atoms with Gasteiger partial charge in [-0.25, -0.2) is 0 Å². The Labute approximate surface area is 228 Å². The number of benzene rings is 6. The van der Waals surface area contributed by atoms with E-state index >= 15 is 0 Å². The molecule has 8 rings (SSSR count). The van der Waals surface area contributed by atoms with Crippen molar-refractivity contribution >= 4 is 60.2 Å². The molecule has 0 aliphatic carbocycles. The summed E-state index contributed by atoms with van der Waals surface area (Å²) in [6.45, 7) is 4.58. The van der Waals surface area contributed by atoms with Crippen LogP contribution in [-0.2, 0) is 6.42 Å². The summed E-state index contributed by atoms with van der Waals surface area (Å²) >= 11 is 0. The Morgan fingerprint density at radius 2 is 1.38 bits per heavy atom. The fraction of sp³-hybridized carbons (Fsp3) is 0.108. The highest BCUT2D eigenvalue weighted by Crippen LogP contribution is 2.53. The molecule has 0 spiro atoms. The Morgan fingerprint density at radius 1 is 0.615 bits per heavy atom. The Hall–Kier alpha value is -4.69. The lowest BCUT2D eigenvalue weighted by Gasteiger charge is -2.34. The Balaban J connectivity index is 1.53. The second-order valence-corrected chi connectivity index (χ2v) is 11.2. The Kier molecular flexibility index (Phi) is 4.81. The van der Waals surface area contributed by atoms with E-state index in [0.717, 1.165) is 17.8 Å². The molecule has 0 atom stereocenters. The first-order valence-electron chi connectivity index (χ1n) is 13.8. The second kappa shape index (κ2) is 8.41. The minimum absolute atomic E-state index is 0.618. The van der Waals surface area contributed by atoms with Crippen LogP contribution in [0, 0.1) is 5.92 Å². The number of aromatic nitrogens is 1. The average Bonchev–Trinajstić information content (AvgIpc) is 2.96. The standard InChI is InChI=1S/C37H28N2/c1-23(2)18-24-12-13-25-14-15-29-30-16-17-38-37-33-20-26-8-6-7-9-27(26)21-34(33)39(28-10-4-3-5-11-28)35(36(30)37)22-32(29)31(25)19-24/h3-17,19-23H,18H2,1-2H3. The lowest BCUT2D eigenvalue weighted by molar-refractivity contribution is 0.648. The Bertz CT molecular complexity index is 2070. The topological polar surface area (TPSA) is 16.1 Å². The molecule has 0 amide bonds. The fourth-order valence-electron chi connectivity index (χ4n) is 6.50. The quantitative estimate of drug-likeness (QED) is 0.224. The lowest BCUT2D eigenvalue weighted by Crippen LogP contribution is -2.15. The van der Waals surface area contributed by atoms with Crippen molar-refractivity contribution < 1.29 is 0 Å². The van der Waals surface area contributed by atoms with E-state index in [-0.39, 0.29) is 0 Å². The maximum atomic E-state index is 5.00. The number of hydrogen-bond donors (Lipinski definition) is 0. The molecule has 1 aromatic heterocycles. The van der Waals surface area contributed by atoms with E-state index in [1.165, 1.54) is 65.6 Å². The van der Waals surface area contributed by atoms with E-state index in [1.807, 2.05) is 6.20 Å². The van der Waals surface area contributed by atoms with Gasteiger partial charge in [-0.15, -0.1) is 0 Å². The molecular formula is C37H28N2. The summed E-state index contributed by atoms with van der Waals surface area (Å²) in [5.41, 5.74) is 7.15. The van der Waals surface area contributed by atoms with Crippen LogP contribution < -0.4 is 4.90 Å². The van der Waals surface area contributed by atoms with Gasteiger partial charge in [0.2, 0.25) is 0 Å². The van der Waals surface area contributed by atoms with E-state index in [9.17, 15) is 0 Å². The van der Waals surface area contributed by atoms with Crippen LogP contribution in [0.3, 0.4) is 0 Å². The minimum Gasteiger partial charge on any atom is -0.309 e. The monoisotopic (exact) mass is 500 g/mol. The molecule has 2 heterocycles. The van der Waals surface area contributed by atoms with Crippen LogP contribution >= 0.6 is 0 Å². The summed E-state index contributed by atoms with van der Waals surface area (Å²) in [6.07, 6.45) is 3.06. The molecule has 39 heavy (non-hydrogen) atoms. The lowest BCUT2D eigenvalue weighted by atomic mass is 9.88. The minimum atomic E-state index is 0.618. The third-order valence-electron chi connectivity index (χ3n) is 8.17. The number of rotatable bonds is 3. The molecule has 2 heteroatoms. The molecule has 1 aliphatic heterocycles. The van der Waals surface area contributed by atoms with E-state index in [1.54, 1.807) is 0 Å². The molecule has 0 radical (unpaired) electrons. The Morgan fingerprint density at radius 3 is 2.21 bits per heavy atom. The first kappa shape index (κ1) is 22.3. The molecule has 186 valence electrons. The largest absolute Gasteiger partial charge is 0.309 e. The van der Waals surface area contributed by atoms with Crippen molar-refractivity contribution in [2.24, 2.45) is 5.92 Å². The molecule has 0 fully saturated rings. The normalized spacial score (nSPS) is 12.6. The number of nitrogens with zero attached hydrogens (tertiary/aromatic N) is 2. The van der Waals surface area contributed by atoms with Crippen LogP contribution in [0.1, 0.15) is 19.4 Å². The van der Waals surface area contributed by atoms with Crippen LogP contribution in [0.15, 0.2) is 115 Å². The molecule has 0 saturated heterocycles. The first-order chi connectivity index (χ1) is 19.2. The average molecular weight is 501 g/mol. The van der Waals surface area contributed by atoms with Gasteiger partial charge in [-0.3, -0.25) is 4.98 Å². The SMILES string of the molecule is CC(C)Cc1ccc2ccc3c4ccnc5c4c(cc3c2c1)N(c1ccccc1)c1cc2ccccc2cc1-5. The highest BCUT2D eigenvalue weighted by molar-refractivity contribution is 6.26. The molecule has 0 unspecified atom stereocenters. The third kappa shape index (κ3) is 3.38. The van der Waals surface area contributed by atoms with Gasteiger partial charge in [0.1, 0.15) is 0 Å². The van der Waals surface area contributed by atoms with E-state index in [2.05, 4.69) is 128 Å². The zero-order chi connectivity index (χ0) is 26.1. The number of para-hydroxylation sites is 1. The molecule has 0 N–H and O–H groups in total. The van der Waals surface area contributed by atoms with Crippen molar-refractivity contribution in [3.05, 3.63) is 121 Å². The molecule has 7 aromatic rings. The van der Waals surface area contributed by atoms with Crippen molar-refractivity contribution in [1.29, 1.82) is 0 Å². The van der Waals surface area contributed by atoms with Gasteiger partial charge in [0, 0.05) is 22.8 Å². The zero-order valence-electron chi connectivity index (χ0n) is 22.1. The maximum Gasteiger partial charge on any atom is 0.0822 e. The van der Waals surface area contributed by atoms with Gasteiger partial charge >= 0.3 is 0 Å². The van der Waals surface area contributed by atoms with Crippen LogP contribution in [-0.4, -0.2) is 4.98 Å². The molecule has 2 nitrogen and oxygen atoms in total. The van der Waals surface area contributed by atoms with Crippen LogP contribution in [0.2, 0.25) is 0 Å². The number of pyridine rings is 1.